The number of hydrogen-bond acceptors (Lipinski definition) is 3. The second-order valence-corrected chi connectivity index (χ2v) is 6.13. The summed E-state index contributed by atoms with van der Waals surface area (Å²) in [5.41, 5.74) is 0.374. The molecule has 3 heteroatoms. The van der Waals surface area contributed by atoms with Crippen molar-refractivity contribution < 1.29 is 4.74 Å². The summed E-state index contributed by atoms with van der Waals surface area (Å²) in [6, 6.07) is 0. The van der Waals surface area contributed by atoms with E-state index in [1.807, 2.05) is 0 Å². The Kier molecular flexibility index (Phi) is 7.20. The zero-order chi connectivity index (χ0) is 13.4. The Morgan fingerprint density at radius 2 is 2.11 bits per heavy atom. The molecule has 3 nitrogen and oxygen atoms in total. The Labute approximate surface area is 113 Å². The molecule has 0 bridgehead atoms. The lowest BCUT2D eigenvalue weighted by Crippen LogP contribution is -2.43. The van der Waals surface area contributed by atoms with Crippen LogP contribution in [-0.4, -0.2) is 50.8 Å². The summed E-state index contributed by atoms with van der Waals surface area (Å²) in [5.74, 6) is 0. The molecule has 1 heterocycles. The summed E-state index contributed by atoms with van der Waals surface area (Å²) in [6.45, 7) is 12.2. The Morgan fingerprint density at radius 3 is 2.67 bits per heavy atom. The zero-order valence-electron chi connectivity index (χ0n) is 12.8. The molecule has 0 amide bonds. The number of ether oxygens (including phenoxy) is 1. The lowest BCUT2D eigenvalue weighted by molar-refractivity contribution is -0.00718. The molecule has 1 aliphatic heterocycles. The number of rotatable bonds is 8. The molecule has 1 N–H and O–H groups in total. The van der Waals surface area contributed by atoms with E-state index in [-0.39, 0.29) is 0 Å². The van der Waals surface area contributed by atoms with Gasteiger partial charge >= 0.3 is 0 Å². The van der Waals surface area contributed by atoms with Gasteiger partial charge in [-0.05, 0) is 44.7 Å². The molecule has 0 aliphatic carbocycles. The van der Waals surface area contributed by atoms with Crippen molar-refractivity contribution in [1.29, 1.82) is 0 Å². The van der Waals surface area contributed by atoms with E-state index in [9.17, 15) is 0 Å². The molecule has 0 saturated carbocycles. The fourth-order valence-electron chi connectivity index (χ4n) is 2.73. The minimum atomic E-state index is 0.374. The van der Waals surface area contributed by atoms with Gasteiger partial charge in [0.05, 0.1) is 6.10 Å². The van der Waals surface area contributed by atoms with Crippen LogP contribution in [0.4, 0.5) is 0 Å². The second kappa shape index (κ2) is 8.13. The summed E-state index contributed by atoms with van der Waals surface area (Å²) in [7, 11) is 2.23. The van der Waals surface area contributed by atoms with E-state index in [1.165, 1.54) is 25.7 Å². The minimum absolute atomic E-state index is 0.374. The lowest BCUT2D eigenvalue weighted by atomic mass is 9.86. The monoisotopic (exact) mass is 256 g/mol. The quantitative estimate of drug-likeness (QED) is 0.722. The SMILES string of the molecule is CCNCC(C)(CC)CN(C)CC1CCCCO1. The highest BCUT2D eigenvalue weighted by atomic mass is 16.5. The van der Waals surface area contributed by atoms with E-state index >= 15 is 0 Å². The Morgan fingerprint density at radius 1 is 1.33 bits per heavy atom. The fraction of sp³-hybridized carbons (Fsp3) is 1.00. The molecular weight excluding hydrogens is 224 g/mol. The van der Waals surface area contributed by atoms with Gasteiger partial charge < -0.3 is 15.0 Å². The fourth-order valence-corrected chi connectivity index (χ4v) is 2.73. The molecule has 108 valence electrons. The van der Waals surface area contributed by atoms with Gasteiger partial charge in [0, 0.05) is 26.2 Å². The first-order chi connectivity index (χ1) is 8.59. The van der Waals surface area contributed by atoms with Crippen LogP contribution in [0.3, 0.4) is 0 Å². The first kappa shape index (κ1) is 15.9. The molecule has 0 aromatic rings. The van der Waals surface area contributed by atoms with Crippen molar-refractivity contribution in [2.75, 3.05) is 39.8 Å². The molecule has 18 heavy (non-hydrogen) atoms. The molecule has 1 fully saturated rings. The first-order valence-corrected chi connectivity index (χ1v) is 7.60. The smallest absolute Gasteiger partial charge is 0.0701 e. The molecular formula is C15H32N2O. The van der Waals surface area contributed by atoms with Gasteiger partial charge in [-0.1, -0.05) is 20.8 Å². The summed E-state index contributed by atoms with van der Waals surface area (Å²) in [6.07, 6.45) is 5.49. The van der Waals surface area contributed by atoms with Crippen LogP contribution in [0.5, 0.6) is 0 Å². The average molecular weight is 256 g/mol. The van der Waals surface area contributed by atoms with E-state index < -0.39 is 0 Å². The predicted octanol–water partition coefficient (Wildman–Crippen LogP) is 2.51. The van der Waals surface area contributed by atoms with Gasteiger partial charge in [0.1, 0.15) is 0 Å². The third kappa shape index (κ3) is 5.68. The Hall–Kier alpha value is -0.120. The highest BCUT2D eigenvalue weighted by molar-refractivity contribution is 4.80. The maximum atomic E-state index is 5.82. The lowest BCUT2D eigenvalue weighted by Gasteiger charge is -2.35. The molecule has 2 unspecified atom stereocenters. The summed E-state index contributed by atoms with van der Waals surface area (Å²) in [5, 5.41) is 3.49. The van der Waals surface area contributed by atoms with Crippen molar-refractivity contribution in [3.8, 4) is 0 Å². The minimum Gasteiger partial charge on any atom is -0.377 e. The molecule has 2 atom stereocenters. The third-order valence-electron chi connectivity index (χ3n) is 4.10. The highest BCUT2D eigenvalue weighted by Crippen LogP contribution is 2.22. The average Bonchev–Trinajstić information content (AvgIpc) is 2.37. The van der Waals surface area contributed by atoms with Crippen molar-refractivity contribution in [2.45, 2.75) is 52.6 Å². The number of likely N-dealkylation sites (N-methyl/N-ethyl adjacent to an activating group) is 1. The standard InChI is InChI=1S/C15H32N2O/c1-5-15(3,12-16-6-2)13-17(4)11-14-9-7-8-10-18-14/h14,16H,5-13H2,1-4H3. The summed E-state index contributed by atoms with van der Waals surface area (Å²) >= 11 is 0. The van der Waals surface area contributed by atoms with Crippen LogP contribution in [-0.2, 0) is 4.74 Å². The molecule has 1 saturated heterocycles. The Bertz CT molecular complexity index is 217. The van der Waals surface area contributed by atoms with Crippen LogP contribution < -0.4 is 5.32 Å². The van der Waals surface area contributed by atoms with Gasteiger partial charge in [0.25, 0.3) is 0 Å². The molecule has 0 aromatic heterocycles. The predicted molar refractivity (Wildman–Crippen MR) is 78.0 cm³/mol. The largest absolute Gasteiger partial charge is 0.377 e. The molecule has 0 spiro atoms. The number of nitrogens with one attached hydrogen (secondary N) is 1. The molecule has 0 aromatic carbocycles. The van der Waals surface area contributed by atoms with E-state index in [4.69, 9.17) is 4.74 Å². The van der Waals surface area contributed by atoms with E-state index in [0.29, 0.717) is 11.5 Å². The van der Waals surface area contributed by atoms with E-state index in [0.717, 1.165) is 32.8 Å². The van der Waals surface area contributed by atoms with E-state index in [2.05, 4.69) is 38.0 Å². The first-order valence-electron chi connectivity index (χ1n) is 7.60. The molecule has 1 aliphatic rings. The van der Waals surface area contributed by atoms with Crippen LogP contribution >= 0.6 is 0 Å². The summed E-state index contributed by atoms with van der Waals surface area (Å²) in [4.78, 5) is 2.46. The van der Waals surface area contributed by atoms with Gasteiger partial charge in [0.15, 0.2) is 0 Å². The number of nitrogens with zero attached hydrogens (tertiary/aromatic N) is 1. The van der Waals surface area contributed by atoms with Gasteiger partial charge in [-0.15, -0.1) is 0 Å². The van der Waals surface area contributed by atoms with Crippen LogP contribution in [0, 0.1) is 5.41 Å². The van der Waals surface area contributed by atoms with Gasteiger partial charge in [-0.2, -0.15) is 0 Å². The zero-order valence-corrected chi connectivity index (χ0v) is 12.8. The number of hydrogen-bond donors (Lipinski definition) is 1. The maximum Gasteiger partial charge on any atom is 0.0701 e. The molecule has 0 radical (unpaired) electrons. The highest BCUT2D eigenvalue weighted by Gasteiger charge is 2.25. The maximum absolute atomic E-state index is 5.82. The van der Waals surface area contributed by atoms with Crippen molar-refractivity contribution in [3.63, 3.8) is 0 Å². The van der Waals surface area contributed by atoms with Crippen molar-refractivity contribution in [2.24, 2.45) is 5.41 Å². The van der Waals surface area contributed by atoms with Crippen LogP contribution in [0.2, 0.25) is 0 Å². The van der Waals surface area contributed by atoms with E-state index in [1.54, 1.807) is 0 Å². The van der Waals surface area contributed by atoms with Crippen molar-refractivity contribution in [1.82, 2.24) is 10.2 Å². The second-order valence-electron chi connectivity index (χ2n) is 6.13. The Balaban J connectivity index is 2.33. The molecule has 1 rings (SSSR count). The normalized spacial score (nSPS) is 24.2. The topological polar surface area (TPSA) is 24.5 Å². The van der Waals surface area contributed by atoms with Gasteiger partial charge in [0.2, 0.25) is 0 Å². The van der Waals surface area contributed by atoms with Gasteiger partial charge in [-0.25, -0.2) is 0 Å². The van der Waals surface area contributed by atoms with Crippen molar-refractivity contribution in [3.05, 3.63) is 0 Å². The van der Waals surface area contributed by atoms with Crippen LogP contribution in [0.15, 0.2) is 0 Å². The van der Waals surface area contributed by atoms with Crippen LogP contribution in [0.1, 0.15) is 46.5 Å². The van der Waals surface area contributed by atoms with Crippen LogP contribution in [0.25, 0.3) is 0 Å². The van der Waals surface area contributed by atoms with Gasteiger partial charge in [-0.3, -0.25) is 0 Å². The third-order valence-corrected chi connectivity index (χ3v) is 4.10. The van der Waals surface area contributed by atoms with Crippen molar-refractivity contribution >= 4 is 0 Å². The summed E-state index contributed by atoms with van der Waals surface area (Å²) < 4.78 is 5.82.